The molecule has 8 heteroatoms. The normalized spacial score (nSPS) is 14.3. The maximum atomic E-state index is 13.2. The summed E-state index contributed by atoms with van der Waals surface area (Å²) in [7, 11) is 0. The van der Waals surface area contributed by atoms with Crippen molar-refractivity contribution >= 4 is 35.0 Å². The van der Waals surface area contributed by atoms with Crippen LogP contribution in [0.3, 0.4) is 0 Å². The number of nitrogens with zero attached hydrogens (tertiary/aromatic N) is 2. The molecule has 0 aliphatic carbocycles. The largest absolute Gasteiger partial charge is 0.454 e. The molecule has 8 nitrogen and oxygen atoms in total. The van der Waals surface area contributed by atoms with Gasteiger partial charge >= 0.3 is 0 Å². The molecule has 33 heavy (non-hydrogen) atoms. The van der Waals surface area contributed by atoms with Gasteiger partial charge in [-0.25, -0.2) is 0 Å². The fourth-order valence-corrected chi connectivity index (χ4v) is 4.04. The molecular weight excluding hydrogens is 422 g/mol. The number of para-hydroxylation sites is 2. The van der Waals surface area contributed by atoms with Gasteiger partial charge in [0.2, 0.25) is 5.91 Å². The number of imide groups is 1. The van der Waals surface area contributed by atoms with Crippen molar-refractivity contribution in [2.45, 2.75) is 6.92 Å². The number of hydrogen-bond acceptors (Lipinski definition) is 5. The first kappa shape index (κ1) is 20.4. The Morgan fingerprint density at radius 3 is 2.12 bits per heavy atom. The zero-order chi connectivity index (χ0) is 23.1. The standard InChI is InChI=1S/C25H19N3O5/c1-2-27-19-9-5-6-10-21(19)33-20-12-11-15(13-18(20)25(27)32)26-22(29)14-28-23(30)16-7-3-4-8-17(16)24(28)31/h3-13H,2,14H2,1H3,(H,26,29). The van der Waals surface area contributed by atoms with E-state index in [1.165, 1.54) is 6.07 Å². The van der Waals surface area contributed by atoms with Gasteiger partial charge in [0.05, 0.1) is 22.4 Å². The fourth-order valence-electron chi connectivity index (χ4n) is 4.04. The molecule has 2 aliphatic rings. The van der Waals surface area contributed by atoms with Crippen molar-refractivity contribution in [3.05, 3.63) is 83.4 Å². The van der Waals surface area contributed by atoms with Gasteiger partial charge in [0.25, 0.3) is 17.7 Å². The topological polar surface area (TPSA) is 96.0 Å². The van der Waals surface area contributed by atoms with E-state index in [-0.39, 0.29) is 17.0 Å². The zero-order valence-corrected chi connectivity index (χ0v) is 17.7. The number of ether oxygens (including phenoxy) is 1. The van der Waals surface area contributed by atoms with E-state index in [1.54, 1.807) is 47.4 Å². The minimum Gasteiger partial charge on any atom is -0.454 e. The summed E-state index contributed by atoms with van der Waals surface area (Å²) in [5.74, 6) is -0.883. The predicted octanol–water partition coefficient (Wildman–Crippen LogP) is 3.69. The lowest BCUT2D eigenvalue weighted by atomic mass is 10.1. The summed E-state index contributed by atoms with van der Waals surface area (Å²) in [6.45, 7) is 1.88. The summed E-state index contributed by atoms with van der Waals surface area (Å²) in [5.41, 5.74) is 1.88. The van der Waals surface area contributed by atoms with Gasteiger partial charge in [-0.3, -0.25) is 24.1 Å². The highest BCUT2D eigenvalue weighted by atomic mass is 16.5. The van der Waals surface area contributed by atoms with Crippen LogP contribution in [0.15, 0.2) is 66.7 Å². The van der Waals surface area contributed by atoms with E-state index in [0.717, 1.165) is 4.90 Å². The van der Waals surface area contributed by atoms with Crippen LogP contribution < -0.4 is 15.0 Å². The Morgan fingerprint density at radius 1 is 0.788 bits per heavy atom. The average molecular weight is 441 g/mol. The van der Waals surface area contributed by atoms with Gasteiger partial charge < -0.3 is 15.0 Å². The lowest BCUT2D eigenvalue weighted by molar-refractivity contribution is -0.116. The minimum absolute atomic E-state index is 0.256. The quantitative estimate of drug-likeness (QED) is 0.623. The van der Waals surface area contributed by atoms with Gasteiger partial charge in [0.15, 0.2) is 5.75 Å². The number of hydrogen-bond donors (Lipinski definition) is 1. The van der Waals surface area contributed by atoms with Crippen molar-refractivity contribution in [1.82, 2.24) is 4.90 Å². The van der Waals surface area contributed by atoms with E-state index in [2.05, 4.69) is 5.32 Å². The molecule has 0 saturated heterocycles. The van der Waals surface area contributed by atoms with Crippen LogP contribution in [0.1, 0.15) is 38.0 Å². The van der Waals surface area contributed by atoms with Crippen LogP contribution in [-0.4, -0.2) is 41.6 Å². The van der Waals surface area contributed by atoms with Crippen molar-refractivity contribution in [2.75, 3.05) is 23.3 Å². The highest BCUT2D eigenvalue weighted by Crippen LogP contribution is 2.39. The van der Waals surface area contributed by atoms with Crippen molar-refractivity contribution in [1.29, 1.82) is 0 Å². The second-order valence-electron chi connectivity index (χ2n) is 7.62. The maximum absolute atomic E-state index is 13.2. The van der Waals surface area contributed by atoms with Crippen LogP contribution in [-0.2, 0) is 4.79 Å². The molecule has 2 heterocycles. The number of nitrogens with one attached hydrogen (secondary N) is 1. The Kier molecular flexibility index (Phi) is 4.90. The summed E-state index contributed by atoms with van der Waals surface area (Å²) in [6, 6.07) is 18.5. The summed E-state index contributed by atoms with van der Waals surface area (Å²) >= 11 is 0. The second kappa shape index (κ2) is 7.90. The van der Waals surface area contributed by atoms with Crippen LogP contribution >= 0.6 is 0 Å². The summed E-state index contributed by atoms with van der Waals surface area (Å²) in [4.78, 5) is 53.4. The van der Waals surface area contributed by atoms with E-state index >= 15 is 0 Å². The molecule has 3 aromatic carbocycles. The highest BCUT2D eigenvalue weighted by molar-refractivity contribution is 6.22. The molecule has 0 bridgehead atoms. The van der Waals surface area contributed by atoms with Crippen molar-refractivity contribution in [3.8, 4) is 11.5 Å². The molecule has 4 amide bonds. The number of carbonyl (C=O) groups excluding carboxylic acids is 4. The van der Waals surface area contributed by atoms with E-state index in [0.29, 0.717) is 35.0 Å². The molecule has 0 atom stereocenters. The molecule has 0 radical (unpaired) electrons. The zero-order valence-electron chi connectivity index (χ0n) is 17.7. The first-order chi connectivity index (χ1) is 16.0. The van der Waals surface area contributed by atoms with Crippen LogP contribution in [0.2, 0.25) is 0 Å². The Labute approximate surface area is 189 Å². The first-order valence-electron chi connectivity index (χ1n) is 10.5. The van der Waals surface area contributed by atoms with Gasteiger partial charge in [-0.15, -0.1) is 0 Å². The SMILES string of the molecule is CCN1C(=O)c2cc(NC(=O)CN3C(=O)c4ccccc4C3=O)ccc2Oc2ccccc21. The summed E-state index contributed by atoms with van der Waals surface area (Å²) in [5, 5.41) is 2.67. The monoisotopic (exact) mass is 441 g/mol. The summed E-state index contributed by atoms with van der Waals surface area (Å²) in [6.07, 6.45) is 0. The van der Waals surface area contributed by atoms with Gasteiger partial charge in [-0.05, 0) is 49.4 Å². The van der Waals surface area contributed by atoms with Crippen molar-refractivity contribution in [3.63, 3.8) is 0 Å². The predicted molar refractivity (Wildman–Crippen MR) is 121 cm³/mol. The number of fused-ring (bicyclic) bond motifs is 3. The van der Waals surface area contributed by atoms with Crippen molar-refractivity contribution < 1.29 is 23.9 Å². The second-order valence-corrected chi connectivity index (χ2v) is 7.62. The molecule has 1 N–H and O–H groups in total. The molecular formula is C25H19N3O5. The van der Waals surface area contributed by atoms with E-state index < -0.39 is 24.3 Å². The third-order valence-corrected chi connectivity index (χ3v) is 5.61. The number of benzene rings is 3. The van der Waals surface area contributed by atoms with Gasteiger partial charge in [-0.2, -0.15) is 0 Å². The van der Waals surface area contributed by atoms with Gasteiger partial charge in [0, 0.05) is 12.2 Å². The minimum atomic E-state index is -0.554. The molecule has 3 aromatic rings. The number of amides is 4. The van der Waals surface area contributed by atoms with Crippen molar-refractivity contribution in [2.24, 2.45) is 0 Å². The van der Waals surface area contributed by atoms with E-state index in [4.69, 9.17) is 4.74 Å². The number of carbonyl (C=O) groups is 4. The van der Waals surface area contributed by atoms with E-state index in [1.807, 2.05) is 25.1 Å². The smallest absolute Gasteiger partial charge is 0.262 e. The third kappa shape index (κ3) is 3.41. The molecule has 0 spiro atoms. The molecule has 0 aromatic heterocycles. The van der Waals surface area contributed by atoms with Crippen LogP contribution in [0.4, 0.5) is 11.4 Å². The Morgan fingerprint density at radius 2 is 1.42 bits per heavy atom. The number of anilines is 2. The van der Waals surface area contributed by atoms with Crippen LogP contribution in [0, 0.1) is 0 Å². The maximum Gasteiger partial charge on any atom is 0.262 e. The van der Waals surface area contributed by atoms with E-state index in [9.17, 15) is 19.2 Å². The van der Waals surface area contributed by atoms with Gasteiger partial charge in [0.1, 0.15) is 12.3 Å². The lowest BCUT2D eigenvalue weighted by Gasteiger charge is -2.20. The first-order valence-corrected chi connectivity index (χ1v) is 10.5. The van der Waals surface area contributed by atoms with Gasteiger partial charge in [-0.1, -0.05) is 24.3 Å². The molecule has 5 rings (SSSR count). The molecule has 0 saturated carbocycles. The molecule has 0 fully saturated rings. The fraction of sp³-hybridized carbons (Fsp3) is 0.120. The van der Waals surface area contributed by atoms with Crippen LogP contribution in [0.5, 0.6) is 11.5 Å². The lowest BCUT2D eigenvalue weighted by Crippen LogP contribution is -2.37. The molecule has 0 unspecified atom stereocenters. The molecule has 164 valence electrons. The highest BCUT2D eigenvalue weighted by Gasteiger charge is 2.36. The summed E-state index contributed by atoms with van der Waals surface area (Å²) < 4.78 is 5.96. The third-order valence-electron chi connectivity index (χ3n) is 5.61. The Hall–Kier alpha value is -4.46. The average Bonchev–Trinajstić information content (AvgIpc) is 2.98. The Balaban J connectivity index is 1.37. The number of rotatable bonds is 4. The molecule has 2 aliphatic heterocycles. The Bertz CT molecular complexity index is 1300. The van der Waals surface area contributed by atoms with Crippen LogP contribution in [0.25, 0.3) is 0 Å².